The highest BCUT2D eigenvalue weighted by atomic mass is 19.1. The molecular weight excluding hydrogens is 460 g/mol. The van der Waals surface area contributed by atoms with E-state index in [1.807, 2.05) is 17.2 Å². The number of rotatable bonds is 7. The van der Waals surface area contributed by atoms with Crippen LogP contribution >= 0.6 is 0 Å². The molecule has 0 atom stereocenters. The zero-order valence-electron chi connectivity index (χ0n) is 19.9. The summed E-state index contributed by atoms with van der Waals surface area (Å²) in [5.74, 6) is 0.701. The first-order valence-corrected chi connectivity index (χ1v) is 12.2. The van der Waals surface area contributed by atoms with Gasteiger partial charge in [0.25, 0.3) is 0 Å². The quantitative estimate of drug-likeness (QED) is 0.361. The molecule has 0 unspecified atom stereocenters. The molecule has 36 heavy (non-hydrogen) atoms. The minimum Gasteiger partial charge on any atom is -0.341 e. The number of carbonyl (C=O) groups is 1. The lowest BCUT2D eigenvalue weighted by atomic mass is 9.91. The Hall–Kier alpha value is -3.94. The van der Waals surface area contributed by atoms with Gasteiger partial charge >= 0.3 is 0 Å². The van der Waals surface area contributed by atoms with Crippen LogP contribution in [-0.2, 0) is 17.8 Å². The molecule has 1 amide bonds. The van der Waals surface area contributed by atoms with E-state index in [4.69, 9.17) is 0 Å². The number of hydrogen-bond donors (Lipinski definition) is 0. The first kappa shape index (κ1) is 23.8. The standard InChI is InChI=1S/C28H27F2N5O/c29-24-9-5-22(6-10-24)27-32-28(23-7-11-25(30)12-8-23)35(33-27)19-26(36)34-16-13-20(14-17-34)3-4-21-2-1-15-31-18-21/h1-2,5-12,15,18,20H,3-4,13-14,16-17,19H2. The summed E-state index contributed by atoms with van der Waals surface area (Å²) in [6.45, 7) is 1.45. The van der Waals surface area contributed by atoms with Crippen molar-refractivity contribution in [3.8, 4) is 22.8 Å². The van der Waals surface area contributed by atoms with Crippen molar-refractivity contribution in [3.63, 3.8) is 0 Å². The van der Waals surface area contributed by atoms with Crippen LogP contribution < -0.4 is 0 Å². The van der Waals surface area contributed by atoms with Crippen LogP contribution in [0.2, 0.25) is 0 Å². The average molecular weight is 488 g/mol. The molecule has 0 aliphatic carbocycles. The van der Waals surface area contributed by atoms with Gasteiger partial charge in [0, 0.05) is 36.6 Å². The van der Waals surface area contributed by atoms with E-state index in [1.54, 1.807) is 35.1 Å². The van der Waals surface area contributed by atoms with Crippen molar-refractivity contribution in [1.29, 1.82) is 0 Å². The third-order valence-electron chi connectivity index (χ3n) is 6.69. The van der Waals surface area contributed by atoms with E-state index < -0.39 is 0 Å². The molecule has 0 saturated carbocycles. The number of pyridine rings is 1. The predicted octanol–water partition coefficient (Wildman–Crippen LogP) is 5.16. The second-order valence-electron chi connectivity index (χ2n) is 9.15. The summed E-state index contributed by atoms with van der Waals surface area (Å²) in [5, 5.41) is 4.56. The summed E-state index contributed by atoms with van der Waals surface area (Å²) in [6, 6.07) is 15.9. The van der Waals surface area contributed by atoms with Gasteiger partial charge in [-0.15, -0.1) is 5.10 Å². The number of nitrogens with zero attached hydrogens (tertiary/aromatic N) is 5. The van der Waals surface area contributed by atoms with Crippen molar-refractivity contribution in [2.75, 3.05) is 13.1 Å². The smallest absolute Gasteiger partial charge is 0.244 e. The van der Waals surface area contributed by atoms with Gasteiger partial charge in [-0.3, -0.25) is 9.78 Å². The van der Waals surface area contributed by atoms with Gasteiger partial charge in [-0.05, 0) is 91.8 Å². The van der Waals surface area contributed by atoms with E-state index in [9.17, 15) is 13.6 Å². The maximum Gasteiger partial charge on any atom is 0.244 e. The number of likely N-dealkylation sites (tertiary alicyclic amines) is 1. The molecule has 1 aliphatic rings. The summed E-state index contributed by atoms with van der Waals surface area (Å²) >= 11 is 0. The van der Waals surface area contributed by atoms with Gasteiger partial charge in [0.15, 0.2) is 11.6 Å². The van der Waals surface area contributed by atoms with Crippen LogP contribution in [-0.4, -0.2) is 43.6 Å². The number of piperidine rings is 1. The first-order valence-electron chi connectivity index (χ1n) is 12.2. The number of hydrogen-bond acceptors (Lipinski definition) is 4. The number of amides is 1. The Morgan fingerprint density at radius 1 is 0.917 bits per heavy atom. The Kier molecular flexibility index (Phi) is 7.11. The normalized spacial score (nSPS) is 14.2. The Morgan fingerprint density at radius 3 is 2.22 bits per heavy atom. The first-order chi connectivity index (χ1) is 17.5. The number of aromatic nitrogens is 4. The summed E-state index contributed by atoms with van der Waals surface area (Å²) in [6.07, 6.45) is 7.72. The Bertz CT molecular complexity index is 1300. The van der Waals surface area contributed by atoms with Crippen LogP contribution in [0, 0.1) is 17.6 Å². The van der Waals surface area contributed by atoms with E-state index in [0.29, 0.717) is 41.8 Å². The van der Waals surface area contributed by atoms with Crippen molar-refractivity contribution in [2.45, 2.75) is 32.2 Å². The van der Waals surface area contributed by atoms with Crippen molar-refractivity contribution in [3.05, 3.63) is 90.3 Å². The van der Waals surface area contributed by atoms with Crippen LogP contribution in [0.3, 0.4) is 0 Å². The van der Waals surface area contributed by atoms with Crippen LogP contribution in [0.4, 0.5) is 8.78 Å². The SMILES string of the molecule is O=C(Cn1nc(-c2ccc(F)cc2)nc1-c1ccc(F)cc1)N1CCC(CCc2cccnc2)CC1. The monoisotopic (exact) mass is 487 g/mol. The van der Waals surface area contributed by atoms with Gasteiger partial charge in [0.05, 0.1) is 0 Å². The van der Waals surface area contributed by atoms with Crippen molar-refractivity contribution < 1.29 is 13.6 Å². The van der Waals surface area contributed by atoms with Crippen LogP contribution in [0.15, 0.2) is 73.1 Å². The lowest BCUT2D eigenvalue weighted by Crippen LogP contribution is -2.40. The van der Waals surface area contributed by atoms with Gasteiger partial charge in [-0.2, -0.15) is 0 Å². The van der Waals surface area contributed by atoms with Crippen LogP contribution in [0.1, 0.15) is 24.8 Å². The van der Waals surface area contributed by atoms with E-state index >= 15 is 0 Å². The second-order valence-corrected chi connectivity index (χ2v) is 9.15. The minimum absolute atomic E-state index is 0.0281. The third-order valence-corrected chi connectivity index (χ3v) is 6.69. The number of benzene rings is 2. The molecule has 1 saturated heterocycles. The van der Waals surface area contributed by atoms with E-state index in [-0.39, 0.29) is 24.1 Å². The highest BCUT2D eigenvalue weighted by Gasteiger charge is 2.24. The summed E-state index contributed by atoms with van der Waals surface area (Å²) in [5.41, 5.74) is 2.53. The number of halogens is 2. The molecule has 2 aromatic carbocycles. The second kappa shape index (κ2) is 10.8. The van der Waals surface area contributed by atoms with E-state index in [0.717, 1.165) is 25.7 Å². The molecule has 4 aromatic rings. The maximum absolute atomic E-state index is 13.5. The zero-order valence-corrected chi connectivity index (χ0v) is 19.9. The molecule has 0 bridgehead atoms. The van der Waals surface area contributed by atoms with Crippen molar-refractivity contribution in [1.82, 2.24) is 24.6 Å². The van der Waals surface area contributed by atoms with Crippen molar-refractivity contribution >= 4 is 5.91 Å². The largest absolute Gasteiger partial charge is 0.341 e. The van der Waals surface area contributed by atoms with Gasteiger partial charge in [-0.25, -0.2) is 18.4 Å². The molecule has 2 aromatic heterocycles. The Labute approximate surface area is 208 Å². The molecule has 0 radical (unpaired) electrons. The highest BCUT2D eigenvalue weighted by Crippen LogP contribution is 2.25. The number of carbonyl (C=O) groups excluding carboxylic acids is 1. The Balaban J connectivity index is 1.27. The van der Waals surface area contributed by atoms with Gasteiger partial charge < -0.3 is 4.90 Å². The van der Waals surface area contributed by atoms with E-state index in [2.05, 4.69) is 21.1 Å². The Morgan fingerprint density at radius 2 is 1.58 bits per heavy atom. The summed E-state index contributed by atoms with van der Waals surface area (Å²) in [4.78, 5) is 23.9. The molecule has 1 aliphatic heterocycles. The minimum atomic E-state index is -0.356. The number of aryl methyl sites for hydroxylation is 1. The lowest BCUT2D eigenvalue weighted by Gasteiger charge is -2.32. The molecule has 3 heterocycles. The molecule has 8 heteroatoms. The van der Waals surface area contributed by atoms with Crippen LogP contribution in [0.5, 0.6) is 0 Å². The molecule has 6 nitrogen and oxygen atoms in total. The van der Waals surface area contributed by atoms with Crippen LogP contribution in [0.25, 0.3) is 22.8 Å². The highest BCUT2D eigenvalue weighted by molar-refractivity contribution is 5.77. The molecule has 1 fully saturated rings. The van der Waals surface area contributed by atoms with Gasteiger partial charge in [-0.1, -0.05) is 6.07 Å². The van der Waals surface area contributed by atoms with Gasteiger partial charge in [0.1, 0.15) is 18.2 Å². The summed E-state index contributed by atoms with van der Waals surface area (Å²) < 4.78 is 28.5. The fourth-order valence-corrected chi connectivity index (χ4v) is 4.60. The fraction of sp³-hybridized carbons (Fsp3) is 0.286. The topological polar surface area (TPSA) is 63.9 Å². The summed E-state index contributed by atoms with van der Waals surface area (Å²) in [7, 11) is 0. The predicted molar refractivity (Wildman–Crippen MR) is 133 cm³/mol. The molecule has 5 rings (SSSR count). The molecule has 0 N–H and O–H groups in total. The molecule has 184 valence electrons. The third kappa shape index (κ3) is 5.64. The van der Waals surface area contributed by atoms with Crippen molar-refractivity contribution in [2.24, 2.45) is 5.92 Å². The zero-order chi connectivity index (χ0) is 24.9. The molecule has 0 spiro atoms. The lowest BCUT2D eigenvalue weighted by molar-refractivity contribution is -0.133. The van der Waals surface area contributed by atoms with E-state index in [1.165, 1.54) is 29.8 Å². The molecular formula is C28H27F2N5O. The average Bonchev–Trinajstić information content (AvgIpc) is 3.32. The van der Waals surface area contributed by atoms with Gasteiger partial charge in [0.2, 0.25) is 5.91 Å². The maximum atomic E-state index is 13.5. The fourth-order valence-electron chi connectivity index (χ4n) is 4.60.